The number of likely N-dealkylation sites (N-methyl/N-ethyl adjacent to an activating group) is 1. The molecule has 0 bridgehead atoms. The van der Waals surface area contributed by atoms with Crippen molar-refractivity contribution in [2.45, 2.75) is 6.92 Å². The summed E-state index contributed by atoms with van der Waals surface area (Å²) in [5, 5.41) is 0.931. The van der Waals surface area contributed by atoms with E-state index in [0.717, 1.165) is 33.4 Å². The number of allylic oxidation sites excluding steroid dienone is 1. The zero-order chi connectivity index (χ0) is 19.6. The lowest BCUT2D eigenvalue weighted by Gasteiger charge is -2.12. The summed E-state index contributed by atoms with van der Waals surface area (Å²) in [6.07, 6.45) is 3.32. The van der Waals surface area contributed by atoms with E-state index in [1.165, 1.54) is 4.90 Å². The van der Waals surface area contributed by atoms with Gasteiger partial charge >= 0.3 is 0 Å². The molecule has 0 atom stereocenters. The van der Waals surface area contributed by atoms with Crippen molar-refractivity contribution in [3.8, 4) is 22.6 Å². The molecule has 0 aliphatic carbocycles. The van der Waals surface area contributed by atoms with E-state index in [1.807, 2.05) is 43.3 Å². The predicted octanol–water partition coefficient (Wildman–Crippen LogP) is 4.61. The number of ether oxygens (including phenoxy) is 2. The average molecular weight is 365 g/mol. The van der Waals surface area contributed by atoms with Crippen LogP contribution in [0, 0.1) is 0 Å². The summed E-state index contributed by atoms with van der Waals surface area (Å²) in [5.74, 6) is 1.35. The van der Waals surface area contributed by atoms with Crippen molar-refractivity contribution < 1.29 is 18.7 Å². The molecular formula is C22H23NO4. The van der Waals surface area contributed by atoms with Crippen molar-refractivity contribution in [3.05, 3.63) is 54.3 Å². The van der Waals surface area contributed by atoms with Gasteiger partial charge in [0.15, 0.2) is 0 Å². The molecule has 0 spiro atoms. The van der Waals surface area contributed by atoms with E-state index in [1.54, 1.807) is 40.7 Å². The third-order valence-corrected chi connectivity index (χ3v) is 4.50. The molecule has 1 aromatic heterocycles. The van der Waals surface area contributed by atoms with Gasteiger partial charge in [-0.1, -0.05) is 18.2 Å². The molecule has 0 radical (unpaired) electrons. The highest BCUT2D eigenvalue weighted by atomic mass is 16.5. The lowest BCUT2D eigenvalue weighted by atomic mass is 9.98. The largest absolute Gasteiger partial charge is 0.496 e. The van der Waals surface area contributed by atoms with Crippen LogP contribution in [-0.4, -0.2) is 39.1 Å². The summed E-state index contributed by atoms with van der Waals surface area (Å²) in [7, 11) is 6.70. The van der Waals surface area contributed by atoms with Crippen LogP contribution in [0.4, 0.5) is 0 Å². The summed E-state index contributed by atoms with van der Waals surface area (Å²) >= 11 is 0. The number of methoxy groups -OCH3 is 2. The second-order valence-corrected chi connectivity index (χ2v) is 6.46. The number of hydrogen-bond donors (Lipinski definition) is 0. The molecule has 5 nitrogen and oxygen atoms in total. The summed E-state index contributed by atoms with van der Waals surface area (Å²) < 4.78 is 16.8. The quantitative estimate of drug-likeness (QED) is 0.620. The normalized spacial score (nSPS) is 11.5. The van der Waals surface area contributed by atoms with Gasteiger partial charge in [0.05, 0.1) is 20.5 Å². The van der Waals surface area contributed by atoms with Crippen LogP contribution >= 0.6 is 0 Å². The fourth-order valence-electron chi connectivity index (χ4n) is 3.00. The van der Waals surface area contributed by atoms with E-state index in [-0.39, 0.29) is 5.91 Å². The molecule has 0 aliphatic heterocycles. The molecule has 0 fully saturated rings. The Hall–Kier alpha value is -3.21. The molecule has 2 aromatic carbocycles. The first-order valence-electron chi connectivity index (χ1n) is 8.58. The van der Waals surface area contributed by atoms with Gasteiger partial charge in [-0.15, -0.1) is 0 Å². The summed E-state index contributed by atoms with van der Waals surface area (Å²) in [5.41, 5.74) is 4.25. The molecule has 0 unspecified atom stereocenters. The van der Waals surface area contributed by atoms with Crippen molar-refractivity contribution in [1.29, 1.82) is 0 Å². The minimum Gasteiger partial charge on any atom is -0.496 e. The highest BCUT2D eigenvalue weighted by Crippen LogP contribution is 2.40. The predicted molar refractivity (Wildman–Crippen MR) is 107 cm³/mol. The van der Waals surface area contributed by atoms with Gasteiger partial charge in [-0.2, -0.15) is 0 Å². The second-order valence-electron chi connectivity index (χ2n) is 6.46. The molecular weight excluding hydrogens is 342 g/mol. The van der Waals surface area contributed by atoms with Gasteiger partial charge < -0.3 is 18.8 Å². The first kappa shape index (κ1) is 18.6. The van der Waals surface area contributed by atoms with Crippen molar-refractivity contribution in [1.82, 2.24) is 4.90 Å². The number of amides is 1. The maximum absolute atomic E-state index is 12.1. The maximum atomic E-state index is 12.1. The topological polar surface area (TPSA) is 51.9 Å². The van der Waals surface area contributed by atoms with Crippen LogP contribution < -0.4 is 9.47 Å². The molecule has 3 aromatic rings. The molecule has 0 N–H and O–H groups in total. The number of carbonyl (C=O) groups is 1. The van der Waals surface area contributed by atoms with Crippen molar-refractivity contribution in [2.24, 2.45) is 0 Å². The zero-order valence-electron chi connectivity index (χ0n) is 16.2. The van der Waals surface area contributed by atoms with Gasteiger partial charge in [0.1, 0.15) is 17.1 Å². The Morgan fingerprint density at radius 3 is 2.41 bits per heavy atom. The number of rotatable bonds is 5. The van der Waals surface area contributed by atoms with E-state index in [0.29, 0.717) is 11.3 Å². The highest BCUT2D eigenvalue weighted by Gasteiger charge is 2.17. The molecule has 3 rings (SSSR count). The van der Waals surface area contributed by atoms with Crippen molar-refractivity contribution in [3.63, 3.8) is 0 Å². The lowest BCUT2D eigenvalue weighted by molar-refractivity contribution is -0.123. The Labute approximate surface area is 158 Å². The Morgan fingerprint density at radius 1 is 1.04 bits per heavy atom. The number of fused-ring (bicyclic) bond motifs is 1. The second kappa shape index (κ2) is 7.58. The molecule has 1 amide bonds. The van der Waals surface area contributed by atoms with Gasteiger partial charge in [0, 0.05) is 48.3 Å². The monoisotopic (exact) mass is 365 g/mol. The Kier molecular flexibility index (Phi) is 5.21. The number of furan rings is 1. The van der Waals surface area contributed by atoms with Crippen LogP contribution in [0.2, 0.25) is 0 Å². The Bertz CT molecular complexity index is 1010. The van der Waals surface area contributed by atoms with Gasteiger partial charge in [-0.25, -0.2) is 0 Å². The van der Waals surface area contributed by atoms with Crippen LogP contribution in [0.3, 0.4) is 0 Å². The first-order chi connectivity index (χ1) is 13.0. The summed E-state index contributed by atoms with van der Waals surface area (Å²) in [6.45, 7) is 1.90. The van der Waals surface area contributed by atoms with E-state index in [4.69, 9.17) is 13.9 Å². The molecule has 0 saturated carbocycles. The Morgan fingerprint density at radius 2 is 1.74 bits per heavy atom. The number of carbonyl (C=O) groups excluding carboxylic acids is 1. The minimum atomic E-state index is -0.0770. The van der Waals surface area contributed by atoms with E-state index >= 15 is 0 Å². The SMILES string of the molecule is COc1cc2occ(-c3ccccc3OC)c2cc1/C(C)=C/C(=O)N(C)C. The third kappa shape index (κ3) is 3.53. The standard InChI is InChI=1S/C22H23NO4/c1-14(10-22(24)23(2)3)16-11-17-18(13-27-21(17)12-20(16)26-5)15-8-6-7-9-19(15)25-4/h6-13H,1-5H3/b14-10+. The fourth-order valence-corrected chi connectivity index (χ4v) is 3.00. The maximum Gasteiger partial charge on any atom is 0.246 e. The van der Waals surface area contributed by atoms with Gasteiger partial charge in [-0.3, -0.25) is 4.79 Å². The van der Waals surface area contributed by atoms with E-state index < -0.39 is 0 Å². The third-order valence-electron chi connectivity index (χ3n) is 4.50. The highest BCUT2D eigenvalue weighted by molar-refractivity contribution is 6.00. The summed E-state index contributed by atoms with van der Waals surface area (Å²) in [4.78, 5) is 13.6. The molecule has 140 valence electrons. The van der Waals surface area contributed by atoms with E-state index in [2.05, 4.69) is 0 Å². The Balaban J connectivity index is 2.20. The van der Waals surface area contributed by atoms with E-state index in [9.17, 15) is 4.79 Å². The van der Waals surface area contributed by atoms with Gasteiger partial charge in [0.2, 0.25) is 5.91 Å². The molecule has 1 heterocycles. The van der Waals surface area contributed by atoms with Crippen molar-refractivity contribution in [2.75, 3.05) is 28.3 Å². The van der Waals surface area contributed by atoms with Crippen LogP contribution in [0.15, 0.2) is 53.2 Å². The van der Waals surface area contributed by atoms with Crippen LogP contribution in [-0.2, 0) is 4.79 Å². The molecule has 27 heavy (non-hydrogen) atoms. The molecule has 0 saturated heterocycles. The first-order valence-corrected chi connectivity index (χ1v) is 8.58. The fraction of sp³-hybridized carbons (Fsp3) is 0.227. The van der Waals surface area contributed by atoms with Crippen LogP contribution in [0.1, 0.15) is 12.5 Å². The average Bonchev–Trinajstić information content (AvgIpc) is 3.09. The molecule has 5 heteroatoms. The summed E-state index contributed by atoms with van der Waals surface area (Å²) in [6, 6.07) is 11.6. The number of para-hydroxylation sites is 1. The lowest BCUT2D eigenvalue weighted by Crippen LogP contribution is -2.19. The molecule has 0 aliphatic rings. The zero-order valence-corrected chi connectivity index (χ0v) is 16.2. The number of benzene rings is 2. The number of nitrogens with zero attached hydrogens (tertiary/aromatic N) is 1. The smallest absolute Gasteiger partial charge is 0.246 e. The van der Waals surface area contributed by atoms with Crippen LogP contribution in [0.5, 0.6) is 11.5 Å². The minimum absolute atomic E-state index is 0.0770. The van der Waals surface area contributed by atoms with Crippen molar-refractivity contribution >= 4 is 22.4 Å². The van der Waals surface area contributed by atoms with Crippen LogP contribution in [0.25, 0.3) is 27.7 Å². The number of hydrogen-bond acceptors (Lipinski definition) is 4. The van der Waals surface area contributed by atoms with Gasteiger partial charge in [0.25, 0.3) is 0 Å². The van der Waals surface area contributed by atoms with Gasteiger partial charge in [-0.05, 0) is 24.6 Å².